The molecule has 0 saturated heterocycles. The third kappa shape index (κ3) is 4.07. The van der Waals surface area contributed by atoms with E-state index in [-0.39, 0.29) is 12.5 Å². The fourth-order valence-corrected chi connectivity index (χ4v) is 1.48. The molecule has 4 nitrogen and oxygen atoms in total. The number of hydrogen-bond donors (Lipinski definition) is 1. The van der Waals surface area contributed by atoms with Crippen LogP contribution in [0.1, 0.15) is 12.5 Å². The van der Waals surface area contributed by atoms with Crippen LogP contribution in [0.3, 0.4) is 0 Å². The molecule has 1 unspecified atom stereocenters. The summed E-state index contributed by atoms with van der Waals surface area (Å²) in [6.07, 6.45) is 0.139. The van der Waals surface area contributed by atoms with Gasteiger partial charge in [-0.2, -0.15) is 0 Å². The van der Waals surface area contributed by atoms with Gasteiger partial charge in [-0.25, -0.2) is 0 Å². The van der Waals surface area contributed by atoms with E-state index in [0.29, 0.717) is 12.2 Å². The topological polar surface area (TPSA) is 49.8 Å². The molecule has 1 atom stereocenters. The maximum atomic E-state index is 11.6. The molecule has 1 aromatic carbocycles. The maximum Gasteiger partial charge on any atom is 0.262 e. The molecule has 1 amide bonds. The summed E-state index contributed by atoms with van der Waals surface area (Å²) in [6, 6.07) is 7.39. The molecule has 17 heavy (non-hydrogen) atoms. The van der Waals surface area contributed by atoms with Crippen molar-refractivity contribution in [1.29, 1.82) is 0 Å². The van der Waals surface area contributed by atoms with E-state index in [1.807, 2.05) is 24.3 Å². The van der Waals surface area contributed by atoms with Crippen molar-refractivity contribution in [3.63, 3.8) is 0 Å². The summed E-state index contributed by atoms with van der Waals surface area (Å²) in [4.78, 5) is 13.1. The fraction of sp³-hybridized carbons (Fsp3) is 0.462. The van der Waals surface area contributed by atoms with E-state index >= 15 is 0 Å². The molecule has 0 aliphatic rings. The predicted molar refractivity (Wildman–Crippen MR) is 66.0 cm³/mol. The van der Waals surface area contributed by atoms with E-state index in [9.17, 15) is 4.79 Å². The lowest BCUT2D eigenvalue weighted by molar-refractivity contribution is -0.135. The van der Waals surface area contributed by atoms with Crippen LogP contribution in [0.25, 0.3) is 0 Å². The number of amides is 1. The van der Waals surface area contributed by atoms with E-state index in [0.717, 1.165) is 5.56 Å². The number of aliphatic hydroxyl groups is 1. The lowest BCUT2D eigenvalue weighted by Gasteiger charge is -2.18. The normalized spacial score (nSPS) is 12.0. The van der Waals surface area contributed by atoms with Crippen LogP contribution in [0.5, 0.6) is 5.75 Å². The number of carbonyl (C=O) groups excluding carboxylic acids is 1. The van der Waals surface area contributed by atoms with Gasteiger partial charge in [0.15, 0.2) is 6.10 Å². The van der Waals surface area contributed by atoms with Gasteiger partial charge in [0.05, 0.1) is 0 Å². The van der Waals surface area contributed by atoms with Crippen LogP contribution in [-0.2, 0) is 11.2 Å². The van der Waals surface area contributed by atoms with Crippen LogP contribution in [0.15, 0.2) is 24.3 Å². The molecule has 0 spiro atoms. The third-order valence-corrected chi connectivity index (χ3v) is 2.43. The second kappa shape index (κ2) is 6.25. The molecule has 0 aliphatic carbocycles. The van der Waals surface area contributed by atoms with Crippen molar-refractivity contribution in [3.8, 4) is 5.75 Å². The Morgan fingerprint density at radius 2 is 1.94 bits per heavy atom. The van der Waals surface area contributed by atoms with Gasteiger partial charge in [0.2, 0.25) is 0 Å². The molecular weight excluding hydrogens is 218 g/mol. The van der Waals surface area contributed by atoms with E-state index in [2.05, 4.69) is 0 Å². The van der Waals surface area contributed by atoms with Crippen molar-refractivity contribution >= 4 is 5.91 Å². The first-order valence-electron chi connectivity index (χ1n) is 5.62. The van der Waals surface area contributed by atoms with Gasteiger partial charge in [0.25, 0.3) is 5.91 Å². The molecule has 0 heterocycles. The van der Waals surface area contributed by atoms with E-state index in [4.69, 9.17) is 9.84 Å². The van der Waals surface area contributed by atoms with E-state index in [1.54, 1.807) is 21.0 Å². The van der Waals surface area contributed by atoms with Gasteiger partial charge in [-0.05, 0) is 31.0 Å². The number of aliphatic hydroxyl groups excluding tert-OH is 1. The van der Waals surface area contributed by atoms with Crippen LogP contribution >= 0.6 is 0 Å². The zero-order chi connectivity index (χ0) is 12.8. The highest BCUT2D eigenvalue weighted by atomic mass is 16.5. The van der Waals surface area contributed by atoms with Gasteiger partial charge in [0, 0.05) is 20.7 Å². The third-order valence-electron chi connectivity index (χ3n) is 2.43. The molecule has 0 fully saturated rings. The van der Waals surface area contributed by atoms with Crippen LogP contribution in [-0.4, -0.2) is 42.7 Å². The molecule has 1 rings (SSSR count). The summed E-state index contributed by atoms with van der Waals surface area (Å²) in [5, 5.41) is 8.79. The summed E-state index contributed by atoms with van der Waals surface area (Å²) in [6.45, 7) is 1.86. The number of nitrogens with zero attached hydrogens (tertiary/aromatic N) is 1. The number of carbonyl (C=O) groups is 1. The lowest BCUT2D eigenvalue weighted by Crippen LogP contribution is -2.35. The largest absolute Gasteiger partial charge is 0.481 e. The van der Waals surface area contributed by atoms with Crippen molar-refractivity contribution in [1.82, 2.24) is 4.90 Å². The molecular formula is C13H19NO3. The number of hydrogen-bond acceptors (Lipinski definition) is 3. The Morgan fingerprint density at radius 1 is 1.35 bits per heavy atom. The SMILES string of the molecule is CC(Oc1ccc(CCO)cc1)C(=O)N(C)C. The first-order chi connectivity index (χ1) is 8.04. The predicted octanol–water partition coefficient (Wildman–Crippen LogP) is 1.08. The van der Waals surface area contributed by atoms with Crippen LogP contribution in [0.2, 0.25) is 0 Å². The fourth-order valence-electron chi connectivity index (χ4n) is 1.48. The molecule has 4 heteroatoms. The average Bonchev–Trinajstić information content (AvgIpc) is 2.30. The first kappa shape index (κ1) is 13.5. The molecule has 1 aromatic rings. The number of rotatable bonds is 5. The Bertz CT molecular complexity index is 359. The Labute approximate surface area is 102 Å². The van der Waals surface area contributed by atoms with Crippen LogP contribution in [0.4, 0.5) is 0 Å². The van der Waals surface area contributed by atoms with Crippen molar-refractivity contribution in [2.24, 2.45) is 0 Å². The summed E-state index contributed by atoms with van der Waals surface area (Å²) < 4.78 is 5.52. The van der Waals surface area contributed by atoms with Crippen molar-refractivity contribution in [3.05, 3.63) is 29.8 Å². The molecule has 0 bridgehead atoms. The van der Waals surface area contributed by atoms with Gasteiger partial charge in [-0.15, -0.1) is 0 Å². The second-order valence-corrected chi connectivity index (χ2v) is 4.11. The summed E-state index contributed by atoms with van der Waals surface area (Å²) in [5.74, 6) is 0.596. The Morgan fingerprint density at radius 3 is 2.41 bits per heavy atom. The number of likely N-dealkylation sites (N-methyl/N-ethyl adjacent to an activating group) is 1. The Hall–Kier alpha value is -1.55. The number of ether oxygens (including phenoxy) is 1. The quantitative estimate of drug-likeness (QED) is 0.833. The minimum Gasteiger partial charge on any atom is -0.481 e. The lowest BCUT2D eigenvalue weighted by atomic mass is 10.1. The summed E-state index contributed by atoms with van der Waals surface area (Å²) in [7, 11) is 3.40. The first-order valence-corrected chi connectivity index (χ1v) is 5.62. The minimum atomic E-state index is -0.492. The molecule has 1 N–H and O–H groups in total. The minimum absolute atomic E-state index is 0.0653. The highest BCUT2D eigenvalue weighted by Crippen LogP contribution is 2.14. The molecule has 94 valence electrons. The highest BCUT2D eigenvalue weighted by Gasteiger charge is 2.16. The van der Waals surface area contributed by atoms with Crippen LogP contribution in [0, 0.1) is 0 Å². The zero-order valence-corrected chi connectivity index (χ0v) is 10.5. The van der Waals surface area contributed by atoms with Crippen LogP contribution < -0.4 is 4.74 Å². The Balaban J connectivity index is 2.60. The van der Waals surface area contributed by atoms with Crippen molar-refractivity contribution in [2.75, 3.05) is 20.7 Å². The molecule has 0 radical (unpaired) electrons. The monoisotopic (exact) mass is 237 g/mol. The van der Waals surface area contributed by atoms with Crippen molar-refractivity contribution < 1.29 is 14.6 Å². The molecule has 0 saturated carbocycles. The molecule has 0 aliphatic heterocycles. The highest BCUT2D eigenvalue weighted by molar-refractivity contribution is 5.80. The summed E-state index contributed by atoms with van der Waals surface area (Å²) >= 11 is 0. The van der Waals surface area contributed by atoms with Gasteiger partial charge in [-0.3, -0.25) is 4.79 Å². The average molecular weight is 237 g/mol. The smallest absolute Gasteiger partial charge is 0.262 e. The zero-order valence-electron chi connectivity index (χ0n) is 10.5. The van der Waals surface area contributed by atoms with E-state index < -0.39 is 6.10 Å². The van der Waals surface area contributed by atoms with Gasteiger partial charge in [-0.1, -0.05) is 12.1 Å². The maximum absolute atomic E-state index is 11.6. The molecule has 0 aromatic heterocycles. The number of benzene rings is 1. The standard InChI is InChI=1S/C13H19NO3/c1-10(13(16)14(2)3)17-12-6-4-11(5-7-12)8-9-15/h4-7,10,15H,8-9H2,1-3H3. The van der Waals surface area contributed by atoms with Crippen molar-refractivity contribution in [2.45, 2.75) is 19.4 Å². The van der Waals surface area contributed by atoms with Gasteiger partial charge in [0.1, 0.15) is 5.75 Å². The second-order valence-electron chi connectivity index (χ2n) is 4.11. The summed E-state index contributed by atoms with van der Waals surface area (Å²) in [5.41, 5.74) is 1.05. The van der Waals surface area contributed by atoms with Gasteiger partial charge >= 0.3 is 0 Å². The van der Waals surface area contributed by atoms with E-state index in [1.165, 1.54) is 4.90 Å². The Kier molecular flexibility index (Phi) is 4.97. The van der Waals surface area contributed by atoms with Gasteiger partial charge < -0.3 is 14.7 Å².